The highest BCUT2D eigenvalue weighted by Gasteiger charge is 2.59. The van der Waals surface area contributed by atoms with Crippen LogP contribution in [-0.4, -0.2) is 17.6 Å². The molecule has 3 aromatic rings. The molecule has 0 amide bonds. The predicted octanol–water partition coefficient (Wildman–Crippen LogP) is 5.32. The van der Waals surface area contributed by atoms with Crippen LogP contribution < -0.4 is 9.64 Å². The Morgan fingerprint density at radius 3 is 2.74 bits per heavy atom. The summed E-state index contributed by atoms with van der Waals surface area (Å²) in [7, 11) is 0. The number of rotatable bonds is 5. The van der Waals surface area contributed by atoms with Crippen LogP contribution in [0.15, 0.2) is 66.7 Å². The number of aliphatic carboxylic acids is 1. The van der Waals surface area contributed by atoms with Crippen molar-refractivity contribution in [2.24, 2.45) is 11.8 Å². The molecule has 0 bridgehead atoms. The number of carboxylic acids is 1. The zero-order valence-corrected chi connectivity index (χ0v) is 17.3. The topological polar surface area (TPSA) is 49.8 Å². The molecule has 0 aromatic heterocycles. The summed E-state index contributed by atoms with van der Waals surface area (Å²) in [6, 6.07) is 23.4. The molecule has 2 aliphatic carbocycles. The third-order valence-electron chi connectivity index (χ3n) is 7.12. The number of carboxylic acid groups (broad SMARTS) is 1. The van der Waals surface area contributed by atoms with Gasteiger partial charge in [-0.3, -0.25) is 4.79 Å². The number of para-hydroxylation sites is 1. The van der Waals surface area contributed by atoms with Crippen LogP contribution >= 0.6 is 0 Å². The van der Waals surface area contributed by atoms with Gasteiger partial charge in [-0.2, -0.15) is 0 Å². The van der Waals surface area contributed by atoms with Gasteiger partial charge in [0.15, 0.2) is 0 Å². The van der Waals surface area contributed by atoms with Gasteiger partial charge >= 0.3 is 5.97 Å². The number of benzene rings is 3. The van der Waals surface area contributed by atoms with Gasteiger partial charge in [0.1, 0.15) is 12.4 Å². The average Bonchev–Trinajstić information content (AvgIpc) is 3.40. The van der Waals surface area contributed by atoms with E-state index in [1.165, 1.54) is 28.1 Å². The minimum Gasteiger partial charge on any atom is -0.489 e. The van der Waals surface area contributed by atoms with E-state index in [-0.39, 0.29) is 17.8 Å². The number of anilines is 2. The first-order chi connectivity index (χ1) is 15.2. The molecule has 4 heteroatoms. The van der Waals surface area contributed by atoms with Gasteiger partial charge in [-0.15, -0.1) is 0 Å². The first kappa shape index (κ1) is 18.5. The summed E-state index contributed by atoms with van der Waals surface area (Å²) < 4.78 is 6.14. The van der Waals surface area contributed by atoms with Gasteiger partial charge < -0.3 is 14.7 Å². The Morgan fingerprint density at radius 2 is 1.90 bits per heavy atom. The first-order valence-corrected chi connectivity index (χ1v) is 11.1. The molecule has 3 aliphatic rings. The van der Waals surface area contributed by atoms with E-state index in [2.05, 4.69) is 65.6 Å². The Labute approximate surface area is 182 Å². The third kappa shape index (κ3) is 3.18. The van der Waals surface area contributed by atoms with Gasteiger partial charge in [0.25, 0.3) is 0 Å². The minimum absolute atomic E-state index is 0.178. The fourth-order valence-corrected chi connectivity index (χ4v) is 5.57. The first-order valence-electron chi connectivity index (χ1n) is 11.1. The van der Waals surface area contributed by atoms with Gasteiger partial charge in [-0.25, -0.2) is 0 Å². The molecule has 1 aliphatic heterocycles. The van der Waals surface area contributed by atoms with Gasteiger partial charge in [0, 0.05) is 23.8 Å². The molecule has 3 atom stereocenters. The maximum atomic E-state index is 11.3. The van der Waals surface area contributed by atoms with Crippen molar-refractivity contribution >= 4 is 17.3 Å². The highest BCUT2D eigenvalue weighted by atomic mass is 16.5. The molecular formula is C27H25NO3. The maximum Gasteiger partial charge on any atom is 0.307 e. The maximum absolute atomic E-state index is 11.3. The van der Waals surface area contributed by atoms with Gasteiger partial charge in [0.2, 0.25) is 0 Å². The second-order valence-corrected chi connectivity index (χ2v) is 8.96. The standard InChI is InChI=1S/C27H25NO3/c29-27(30)26-23-15-19-14-21(10-11-22(19)25(23)26)31-16-17-8-9-18-5-4-12-28(24(18)13-17)20-6-2-1-3-7-20/h1-3,6-11,13-14,23,25-26H,4-5,12,15-16H2,(H,29,30)/t23-,25+,26+/m1/s1. The van der Waals surface area contributed by atoms with Crippen molar-refractivity contribution in [2.75, 3.05) is 11.4 Å². The highest BCUT2D eigenvalue weighted by Crippen LogP contribution is 2.61. The summed E-state index contributed by atoms with van der Waals surface area (Å²) in [5.41, 5.74) is 7.54. The monoisotopic (exact) mass is 411 g/mol. The van der Waals surface area contributed by atoms with Crippen LogP contribution in [0.5, 0.6) is 5.75 Å². The van der Waals surface area contributed by atoms with Gasteiger partial charge in [0.05, 0.1) is 5.92 Å². The lowest BCUT2D eigenvalue weighted by Crippen LogP contribution is -2.24. The van der Waals surface area contributed by atoms with Crippen LogP contribution in [0.1, 0.15) is 34.6 Å². The summed E-state index contributed by atoms with van der Waals surface area (Å²) in [5.74, 6) is 0.531. The Bertz CT molecular complexity index is 1160. The summed E-state index contributed by atoms with van der Waals surface area (Å²) >= 11 is 0. The molecule has 4 nitrogen and oxygen atoms in total. The van der Waals surface area contributed by atoms with Crippen molar-refractivity contribution in [1.29, 1.82) is 0 Å². The Kier molecular flexibility index (Phi) is 4.27. The van der Waals surface area contributed by atoms with Crippen molar-refractivity contribution in [2.45, 2.75) is 31.8 Å². The number of carbonyl (C=O) groups is 1. The SMILES string of the molecule is O=C(O)[C@H]1[C@@H]2Cc3cc(OCc4ccc5c(c4)N(c4ccccc4)CCC5)ccc3[C@@H]21. The number of fused-ring (bicyclic) bond motifs is 4. The second kappa shape index (κ2) is 7.16. The van der Waals surface area contributed by atoms with E-state index < -0.39 is 5.97 Å². The molecule has 0 unspecified atom stereocenters. The van der Waals surface area contributed by atoms with E-state index in [1.54, 1.807) is 0 Å². The number of nitrogens with zero attached hydrogens (tertiary/aromatic N) is 1. The smallest absolute Gasteiger partial charge is 0.307 e. The largest absolute Gasteiger partial charge is 0.489 e. The summed E-state index contributed by atoms with van der Waals surface area (Å²) in [6.45, 7) is 1.56. The Morgan fingerprint density at radius 1 is 1.03 bits per heavy atom. The normalized spacial score (nSPS) is 23.0. The Balaban J connectivity index is 1.19. The van der Waals surface area contributed by atoms with E-state index in [9.17, 15) is 9.90 Å². The highest BCUT2D eigenvalue weighted by molar-refractivity contribution is 5.78. The van der Waals surface area contributed by atoms with Crippen LogP contribution in [-0.2, 0) is 24.2 Å². The molecule has 1 fully saturated rings. The number of aryl methyl sites for hydroxylation is 1. The molecule has 0 spiro atoms. The molecule has 1 saturated carbocycles. The van der Waals surface area contributed by atoms with Crippen molar-refractivity contribution in [1.82, 2.24) is 0 Å². The molecule has 0 radical (unpaired) electrons. The zero-order valence-electron chi connectivity index (χ0n) is 17.3. The average molecular weight is 412 g/mol. The van der Waals surface area contributed by atoms with Crippen molar-refractivity contribution in [3.05, 3.63) is 89.0 Å². The predicted molar refractivity (Wildman–Crippen MR) is 120 cm³/mol. The summed E-state index contributed by atoms with van der Waals surface area (Å²) in [5, 5.41) is 9.30. The minimum atomic E-state index is -0.655. The fraction of sp³-hybridized carbons (Fsp3) is 0.296. The third-order valence-corrected chi connectivity index (χ3v) is 7.12. The lowest BCUT2D eigenvalue weighted by atomic mass is 9.99. The van der Waals surface area contributed by atoms with Crippen LogP contribution in [0.25, 0.3) is 0 Å². The van der Waals surface area contributed by atoms with Crippen LogP contribution in [0, 0.1) is 11.8 Å². The fourth-order valence-electron chi connectivity index (χ4n) is 5.57. The van der Waals surface area contributed by atoms with Crippen molar-refractivity contribution < 1.29 is 14.6 Å². The van der Waals surface area contributed by atoms with Crippen LogP contribution in [0.3, 0.4) is 0 Å². The quantitative estimate of drug-likeness (QED) is 0.617. The summed E-state index contributed by atoms with van der Waals surface area (Å²) in [4.78, 5) is 13.7. The van der Waals surface area contributed by atoms with E-state index in [0.29, 0.717) is 6.61 Å². The molecule has 1 N–H and O–H groups in total. The van der Waals surface area contributed by atoms with E-state index in [0.717, 1.165) is 37.1 Å². The molecule has 3 aromatic carbocycles. The number of ether oxygens (including phenoxy) is 1. The number of hydrogen-bond acceptors (Lipinski definition) is 3. The molecule has 156 valence electrons. The van der Waals surface area contributed by atoms with Gasteiger partial charge in [-0.1, -0.05) is 36.4 Å². The Hall–Kier alpha value is -3.27. The summed E-state index contributed by atoms with van der Waals surface area (Å²) in [6.07, 6.45) is 3.14. The second-order valence-electron chi connectivity index (χ2n) is 8.96. The molecule has 1 heterocycles. The van der Waals surface area contributed by atoms with E-state index in [4.69, 9.17) is 4.74 Å². The van der Waals surface area contributed by atoms with Crippen LogP contribution in [0.4, 0.5) is 11.4 Å². The lowest BCUT2D eigenvalue weighted by molar-refractivity contribution is -0.139. The van der Waals surface area contributed by atoms with Crippen LogP contribution in [0.2, 0.25) is 0 Å². The molecule has 31 heavy (non-hydrogen) atoms. The zero-order chi connectivity index (χ0) is 20.9. The molecule has 0 saturated heterocycles. The van der Waals surface area contributed by atoms with Crippen molar-refractivity contribution in [3.63, 3.8) is 0 Å². The molecule has 6 rings (SSSR count). The van der Waals surface area contributed by atoms with E-state index >= 15 is 0 Å². The van der Waals surface area contributed by atoms with E-state index in [1.807, 2.05) is 6.07 Å². The van der Waals surface area contributed by atoms with Crippen molar-refractivity contribution in [3.8, 4) is 5.75 Å². The lowest BCUT2D eigenvalue weighted by Gasteiger charge is -2.32. The van der Waals surface area contributed by atoms with Gasteiger partial charge in [-0.05, 0) is 77.8 Å². The molecular weight excluding hydrogens is 386 g/mol. The number of hydrogen-bond donors (Lipinski definition) is 1.